The van der Waals surface area contributed by atoms with E-state index in [1.165, 1.54) is 17.7 Å². The first-order valence-electron chi connectivity index (χ1n) is 9.59. The molecule has 1 aliphatic rings. The number of β-amino-alcohol motifs (C(OH)–C–C–N with tert-alkyl or cyclic N) is 1. The van der Waals surface area contributed by atoms with Crippen LogP contribution in [0.5, 0.6) is 0 Å². The molecule has 2 rings (SSSR count). The summed E-state index contributed by atoms with van der Waals surface area (Å²) in [6.45, 7) is 10.3. The number of carbonyl (C=O) groups is 1. The number of rotatable bonds is 6. The maximum atomic E-state index is 11.7. The molecule has 0 radical (unpaired) electrons. The van der Waals surface area contributed by atoms with Crippen LogP contribution in [0.3, 0.4) is 0 Å². The Labute approximate surface area is 157 Å². The molecule has 1 amide bonds. The predicted molar refractivity (Wildman–Crippen MR) is 104 cm³/mol. The Morgan fingerprint density at radius 1 is 1.19 bits per heavy atom. The van der Waals surface area contributed by atoms with Crippen molar-refractivity contribution < 1.29 is 15.0 Å². The highest BCUT2D eigenvalue weighted by atomic mass is 16.4. The van der Waals surface area contributed by atoms with Gasteiger partial charge in [-0.2, -0.15) is 0 Å². The summed E-state index contributed by atoms with van der Waals surface area (Å²) in [5, 5.41) is 23.6. The summed E-state index contributed by atoms with van der Waals surface area (Å²) in [4.78, 5) is 13.1. The summed E-state index contributed by atoms with van der Waals surface area (Å²) in [6, 6.07) is 7.38. The molecule has 146 valence electrons. The number of benzene rings is 1. The highest BCUT2D eigenvalue weighted by Gasteiger charge is 2.32. The first-order valence-corrected chi connectivity index (χ1v) is 9.59. The van der Waals surface area contributed by atoms with E-state index in [2.05, 4.69) is 12.2 Å². The predicted octanol–water partition coefficient (Wildman–Crippen LogP) is 4.48. The van der Waals surface area contributed by atoms with Crippen molar-refractivity contribution in [3.05, 3.63) is 35.4 Å². The summed E-state index contributed by atoms with van der Waals surface area (Å²) in [5.41, 5.74) is 1.44. The molecule has 0 aromatic heterocycles. The molecule has 1 aromatic carbocycles. The molecule has 1 aromatic rings. The molecule has 1 saturated carbocycles. The van der Waals surface area contributed by atoms with Crippen LogP contribution in [0.25, 0.3) is 0 Å². The molecule has 0 saturated heterocycles. The van der Waals surface area contributed by atoms with Gasteiger partial charge in [-0.05, 0) is 58.6 Å². The summed E-state index contributed by atoms with van der Waals surface area (Å²) in [7, 11) is 0. The van der Waals surface area contributed by atoms with E-state index in [4.69, 9.17) is 0 Å². The Morgan fingerprint density at radius 3 is 2.15 bits per heavy atom. The molecule has 26 heavy (non-hydrogen) atoms. The van der Waals surface area contributed by atoms with Gasteiger partial charge >= 0.3 is 6.09 Å². The van der Waals surface area contributed by atoms with E-state index in [1.54, 1.807) is 0 Å². The van der Waals surface area contributed by atoms with Gasteiger partial charge in [0.1, 0.15) is 0 Å². The van der Waals surface area contributed by atoms with E-state index in [0.29, 0.717) is 6.54 Å². The molecule has 0 spiro atoms. The first-order chi connectivity index (χ1) is 12.0. The standard InChI is InChI=1S/C21H34N2O3/c1-15(23(19(25)26)20(2,3)4)16-8-10-17(11-9-16)18(24)14-22-21(5)12-6-7-13-21/h8-11,15,18,22,24H,6-7,12-14H2,1-5H3,(H,25,26)/t15-,18+/m0/s1. The average molecular weight is 363 g/mol. The largest absolute Gasteiger partial charge is 0.465 e. The van der Waals surface area contributed by atoms with Crippen LogP contribution >= 0.6 is 0 Å². The molecular weight excluding hydrogens is 328 g/mol. The van der Waals surface area contributed by atoms with Gasteiger partial charge in [0.05, 0.1) is 12.1 Å². The molecule has 2 atom stereocenters. The van der Waals surface area contributed by atoms with Crippen LogP contribution in [0.2, 0.25) is 0 Å². The Balaban J connectivity index is 2.03. The fourth-order valence-corrected chi connectivity index (χ4v) is 3.97. The third kappa shape index (κ3) is 4.98. The van der Waals surface area contributed by atoms with Crippen molar-refractivity contribution in [3.63, 3.8) is 0 Å². The van der Waals surface area contributed by atoms with Gasteiger partial charge in [0, 0.05) is 17.6 Å². The third-order valence-electron chi connectivity index (χ3n) is 5.55. The number of amides is 1. The first kappa shape index (κ1) is 20.7. The highest BCUT2D eigenvalue weighted by molar-refractivity contribution is 5.66. The van der Waals surface area contributed by atoms with Crippen molar-refractivity contribution in [1.82, 2.24) is 10.2 Å². The topological polar surface area (TPSA) is 72.8 Å². The second-order valence-corrected chi connectivity index (χ2v) is 8.83. The lowest BCUT2D eigenvalue weighted by molar-refractivity contribution is 0.0752. The van der Waals surface area contributed by atoms with E-state index in [1.807, 2.05) is 52.0 Å². The third-order valence-corrected chi connectivity index (χ3v) is 5.55. The van der Waals surface area contributed by atoms with Gasteiger partial charge in [-0.25, -0.2) is 4.79 Å². The SMILES string of the molecule is C[C@@H](c1ccc([C@H](O)CNC2(C)CCCC2)cc1)N(C(=O)O)C(C)(C)C. The second kappa shape index (κ2) is 7.97. The van der Waals surface area contributed by atoms with Gasteiger partial charge in [0.25, 0.3) is 0 Å². The van der Waals surface area contributed by atoms with Crippen LogP contribution in [-0.4, -0.2) is 38.8 Å². The molecule has 0 bridgehead atoms. The fourth-order valence-electron chi connectivity index (χ4n) is 3.97. The van der Waals surface area contributed by atoms with Gasteiger partial charge in [0.15, 0.2) is 0 Å². The number of nitrogens with one attached hydrogen (secondary N) is 1. The van der Waals surface area contributed by atoms with Crippen molar-refractivity contribution in [2.45, 2.75) is 83.5 Å². The van der Waals surface area contributed by atoms with E-state index in [9.17, 15) is 15.0 Å². The number of hydrogen-bond acceptors (Lipinski definition) is 3. The Morgan fingerprint density at radius 2 is 1.69 bits per heavy atom. The lowest BCUT2D eigenvalue weighted by atomic mass is 9.97. The number of hydrogen-bond donors (Lipinski definition) is 3. The van der Waals surface area contributed by atoms with Crippen molar-refractivity contribution in [1.29, 1.82) is 0 Å². The maximum Gasteiger partial charge on any atom is 0.408 e. The summed E-state index contributed by atoms with van der Waals surface area (Å²) >= 11 is 0. The summed E-state index contributed by atoms with van der Waals surface area (Å²) in [5.74, 6) is 0. The van der Waals surface area contributed by atoms with Crippen LogP contribution in [0.15, 0.2) is 24.3 Å². The maximum absolute atomic E-state index is 11.7. The van der Waals surface area contributed by atoms with Crippen molar-refractivity contribution in [2.75, 3.05) is 6.54 Å². The molecule has 5 nitrogen and oxygen atoms in total. The zero-order chi connectivity index (χ0) is 19.5. The zero-order valence-corrected chi connectivity index (χ0v) is 16.7. The van der Waals surface area contributed by atoms with Crippen molar-refractivity contribution in [3.8, 4) is 0 Å². The molecule has 0 unspecified atom stereocenters. The number of aliphatic hydroxyl groups is 1. The van der Waals surface area contributed by atoms with E-state index >= 15 is 0 Å². The monoisotopic (exact) mass is 362 g/mol. The number of aliphatic hydroxyl groups excluding tert-OH is 1. The minimum absolute atomic E-state index is 0.143. The van der Waals surface area contributed by atoms with Crippen molar-refractivity contribution >= 4 is 6.09 Å². The molecule has 5 heteroatoms. The lowest BCUT2D eigenvalue weighted by Gasteiger charge is -2.38. The van der Waals surface area contributed by atoms with Gasteiger partial charge < -0.3 is 15.5 Å². The van der Waals surface area contributed by atoms with Gasteiger partial charge in [-0.1, -0.05) is 37.1 Å². The lowest BCUT2D eigenvalue weighted by Crippen LogP contribution is -2.46. The molecule has 0 heterocycles. The van der Waals surface area contributed by atoms with Crippen LogP contribution in [-0.2, 0) is 0 Å². The minimum Gasteiger partial charge on any atom is -0.465 e. The van der Waals surface area contributed by atoms with Crippen molar-refractivity contribution in [2.24, 2.45) is 0 Å². The summed E-state index contributed by atoms with van der Waals surface area (Å²) < 4.78 is 0. The average Bonchev–Trinajstić information content (AvgIpc) is 2.98. The normalized spacial score (nSPS) is 19.2. The fraction of sp³-hybridized carbons (Fsp3) is 0.667. The smallest absolute Gasteiger partial charge is 0.408 e. The van der Waals surface area contributed by atoms with E-state index in [0.717, 1.165) is 24.0 Å². The van der Waals surface area contributed by atoms with E-state index < -0.39 is 17.7 Å². The van der Waals surface area contributed by atoms with E-state index in [-0.39, 0.29) is 11.6 Å². The Kier molecular flexibility index (Phi) is 6.35. The zero-order valence-electron chi connectivity index (χ0n) is 16.7. The van der Waals surface area contributed by atoms with Crippen LogP contribution in [0.4, 0.5) is 4.79 Å². The molecule has 0 aliphatic heterocycles. The van der Waals surface area contributed by atoms with Crippen LogP contribution in [0.1, 0.15) is 83.6 Å². The minimum atomic E-state index is -0.928. The van der Waals surface area contributed by atoms with Gasteiger partial charge in [-0.3, -0.25) is 4.90 Å². The Hall–Kier alpha value is -1.59. The summed E-state index contributed by atoms with van der Waals surface area (Å²) in [6.07, 6.45) is 3.33. The highest BCUT2D eigenvalue weighted by Crippen LogP contribution is 2.30. The Bertz CT molecular complexity index is 601. The molecule has 3 N–H and O–H groups in total. The van der Waals surface area contributed by atoms with Gasteiger partial charge in [-0.15, -0.1) is 0 Å². The number of nitrogens with zero attached hydrogens (tertiary/aromatic N) is 1. The molecular formula is C21H34N2O3. The van der Waals surface area contributed by atoms with Crippen LogP contribution < -0.4 is 5.32 Å². The van der Waals surface area contributed by atoms with Gasteiger partial charge in [0.2, 0.25) is 0 Å². The molecule has 1 aliphatic carbocycles. The second-order valence-electron chi connectivity index (χ2n) is 8.83. The molecule has 1 fully saturated rings. The number of carboxylic acid groups (broad SMARTS) is 1. The van der Waals surface area contributed by atoms with Crippen LogP contribution in [0, 0.1) is 0 Å². The quantitative estimate of drug-likeness (QED) is 0.697.